The Balaban J connectivity index is 1.87. The monoisotopic (exact) mass is 420 g/mol. The van der Waals surface area contributed by atoms with Crippen LogP contribution in [0.3, 0.4) is 0 Å². The van der Waals surface area contributed by atoms with Crippen molar-refractivity contribution in [3.05, 3.63) is 64.0 Å². The molecule has 0 unspecified atom stereocenters. The number of hydrogen-bond acceptors (Lipinski definition) is 6. The molecule has 2 aromatic carbocycles. The van der Waals surface area contributed by atoms with Crippen LogP contribution in [0.4, 0.5) is 0 Å². The van der Waals surface area contributed by atoms with Crippen LogP contribution < -0.4 is 5.11 Å². The molecule has 0 saturated carbocycles. The number of carboxylic acids is 1. The van der Waals surface area contributed by atoms with Gasteiger partial charge in [0.15, 0.2) is 0 Å². The number of thioether (sulfide) groups is 1. The minimum atomic E-state index is -1.35. The topological polar surface area (TPSA) is 60.4 Å². The van der Waals surface area contributed by atoms with Crippen LogP contribution in [0.2, 0.25) is 5.02 Å². The van der Waals surface area contributed by atoms with Gasteiger partial charge in [0.25, 0.3) is 5.91 Å². The van der Waals surface area contributed by atoms with E-state index in [1.807, 2.05) is 48.5 Å². The molecular formula is C18H11ClNO3S3-. The first-order chi connectivity index (χ1) is 12.4. The predicted molar refractivity (Wildman–Crippen MR) is 107 cm³/mol. The van der Waals surface area contributed by atoms with Gasteiger partial charge in [-0.15, -0.1) is 0 Å². The largest absolute Gasteiger partial charge is 0.548 e. The zero-order valence-corrected chi connectivity index (χ0v) is 16.4. The number of amides is 1. The Morgan fingerprint density at radius 3 is 2.62 bits per heavy atom. The third-order valence-corrected chi connectivity index (χ3v) is 6.14. The van der Waals surface area contributed by atoms with E-state index in [4.69, 9.17) is 23.8 Å². The van der Waals surface area contributed by atoms with Crippen molar-refractivity contribution in [1.82, 2.24) is 4.90 Å². The lowest BCUT2D eigenvalue weighted by Gasteiger charge is -2.14. The number of rotatable bonds is 5. The summed E-state index contributed by atoms with van der Waals surface area (Å²) < 4.78 is 0.216. The van der Waals surface area contributed by atoms with Crippen LogP contribution in [0.15, 0.2) is 63.2 Å². The van der Waals surface area contributed by atoms with Gasteiger partial charge in [0.1, 0.15) is 4.32 Å². The van der Waals surface area contributed by atoms with Gasteiger partial charge < -0.3 is 9.90 Å². The molecule has 0 atom stereocenters. The van der Waals surface area contributed by atoms with E-state index in [9.17, 15) is 14.7 Å². The number of hydrogen-bond donors (Lipinski definition) is 0. The molecule has 3 rings (SSSR count). The predicted octanol–water partition coefficient (Wildman–Crippen LogP) is 3.44. The van der Waals surface area contributed by atoms with Crippen molar-refractivity contribution in [3.8, 4) is 0 Å². The number of benzene rings is 2. The average Bonchev–Trinajstić information content (AvgIpc) is 2.86. The summed E-state index contributed by atoms with van der Waals surface area (Å²) in [6.45, 7) is -0.539. The zero-order valence-electron chi connectivity index (χ0n) is 13.2. The highest BCUT2D eigenvalue weighted by atomic mass is 35.5. The fourth-order valence-electron chi connectivity index (χ4n) is 2.23. The first kappa shape index (κ1) is 19.0. The van der Waals surface area contributed by atoms with Gasteiger partial charge in [0, 0.05) is 14.8 Å². The van der Waals surface area contributed by atoms with Gasteiger partial charge in [-0.25, -0.2) is 0 Å². The fraction of sp³-hybridized carbons (Fsp3) is 0.0556. The average molecular weight is 421 g/mol. The number of nitrogens with zero attached hydrogens (tertiary/aromatic N) is 1. The molecule has 0 spiro atoms. The molecule has 0 aliphatic carbocycles. The minimum Gasteiger partial charge on any atom is -0.548 e. The quantitative estimate of drug-likeness (QED) is 0.545. The maximum absolute atomic E-state index is 12.4. The van der Waals surface area contributed by atoms with Crippen molar-refractivity contribution in [2.24, 2.45) is 0 Å². The molecule has 4 nitrogen and oxygen atoms in total. The van der Waals surface area contributed by atoms with Gasteiger partial charge in [-0.2, -0.15) is 0 Å². The molecule has 0 bridgehead atoms. The Morgan fingerprint density at radius 2 is 1.92 bits per heavy atom. The Hall–Kier alpha value is -1.80. The van der Waals surface area contributed by atoms with E-state index in [1.165, 1.54) is 0 Å². The third-order valence-electron chi connectivity index (χ3n) is 3.41. The molecule has 132 valence electrons. The van der Waals surface area contributed by atoms with Crippen LogP contribution >= 0.6 is 47.3 Å². The molecule has 1 aliphatic heterocycles. The lowest BCUT2D eigenvalue weighted by molar-refractivity contribution is -0.305. The van der Waals surface area contributed by atoms with Gasteiger partial charge in [0.05, 0.1) is 17.4 Å². The molecule has 1 saturated heterocycles. The van der Waals surface area contributed by atoms with Gasteiger partial charge in [-0.3, -0.25) is 9.69 Å². The second-order valence-electron chi connectivity index (χ2n) is 5.23. The first-order valence-corrected chi connectivity index (χ1v) is 9.83. The van der Waals surface area contributed by atoms with Gasteiger partial charge in [0.2, 0.25) is 0 Å². The second-order valence-corrected chi connectivity index (χ2v) is 8.46. The smallest absolute Gasteiger partial charge is 0.266 e. The second kappa shape index (κ2) is 8.26. The summed E-state index contributed by atoms with van der Waals surface area (Å²) in [5, 5.41) is 11.5. The molecule has 26 heavy (non-hydrogen) atoms. The lowest BCUT2D eigenvalue weighted by atomic mass is 10.2. The Kier molecular flexibility index (Phi) is 6.03. The van der Waals surface area contributed by atoms with Gasteiger partial charge >= 0.3 is 0 Å². The summed E-state index contributed by atoms with van der Waals surface area (Å²) >= 11 is 13.6. The Morgan fingerprint density at radius 1 is 1.23 bits per heavy atom. The van der Waals surface area contributed by atoms with Crippen LogP contribution in [0.5, 0.6) is 0 Å². The molecule has 0 radical (unpaired) electrons. The molecule has 2 aromatic rings. The fourth-order valence-corrected chi connectivity index (χ4v) is 4.52. The zero-order chi connectivity index (χ0) is 18.7. The third kappa shape index (κ3) is 4.48. The SMILES string of the molecule is O=C([O-])CN1C(=O)/C(=C\c2ccccc2Sc2ccc(Cl)cc2)SC1=S. The molecule has 8 heteroatoms. The minimum absolute atomic E-state index is 0.216. The normalized spacial score (nSPS) is 15.7. The van der Waals surface area contributed by atoms with Crippen molar-refractivity contribution in [2.75, 3.05) is 6.54 Å². The van der Waals surface area contributed by atoms with E-state index in [2.05, 4.69) is 0 Å². The van der Waals surface area contributed by atoms with Crippen molar-refractivity contribution >= 4 is 69.6 Å². The van der Waals surface area contributed by atoms with Crippen molar-refractivity contribution in [3.63, 3.8) is 0 Å². The van der Waals surface area contributed by atoms with Crippen LogP contribution in [-0.4, -0.2) is 27.6 Å². The van der Waals surface area contributed by atoms with Crippen LogP contribution in [-0.2, 0) is 9.59 Å². The van der Waals surface area contributed by atoms with E-state index >= 15 is 0 Å². The van der Waals surface area contributed by atoms with Crippen LogP contribution in [0.25, 0.3) is 6.08 Å². The van der Waals surface area contributed by atoms with E-state index in [0.717, 1.165) is 32.0 Å². The molecule has 1 aliphatic rings. The lowest BCUT2D eigenvalue weighted by Crippen LogP contribution is -2.40. The van der Waals surface area contributed by atoms with Crippen molar-refractivity contribution < 1.29 is 14.7 Å². The van der Waals surface area contributed by atoms with E-state index in [-0.39, 0.29) is 4.32 Å². The summed E-state index contributed by atoms with van der Waals surface area (Å²) in [6.07, 6.45) is 1.73. The summed E-state index contributed by atoms with van der Waals surface area (Å²) in [6, 6.07) is 15.1. The highest BCUT2D eigenvalue weighted by Gasteiger charge is 2.32. The van der Waals surface area contributed by atoms with E-state index < -0.39 is 18.4 Å². The Labute approximate surface area is 169 Å². The van der Waals surface area contributed by atoms with Crippen LogP contribution in [0.1, 0.15) is 5.56 Å². The van der Waals surface area contributed by atoms with Gasteiger partial charge in [-0.1, -0.05) is 65.5 Å². The summed E-state index contributed by atoms with van der Waals surface area (Å²) in [5.74, 6) is -1.77. The standard InChI is InChI=1S/C18H12ClNO3S3/c19-12-5-7-13(8-6-12)25-14-4-2-1-3-11(14)9-15-17(23)20(10-16(21)22)18(24)26-15/h1-9H,10H2,(H,21,22)/p-1/b15-9+. The summed E-state index contributed by atoms with van der Waals surface area (Å²) in [4.78, 5) is 26.6. The molecule has 0 aromatic heterocycles. The maximum Gasteiger partial charge on any atom is 0.266 e. The van der Waals surface area contributed by atoms with E-state index in [0.29, 0.717) is 9.93 Å². The highest BCUT2D eigenvalue weighted by Crippen LogP contribution is 2.36. The van der Waals surface area contributed by atoms with Crippen LogP contribution in [0, 0.1) is 0 Å². The number of aliphatic carboxylic acids is 1. The highest BCUT2D eigenvalue weighted by molar-refractivity contribution is 8.26. The van der Waals surface area contributed by atoms with Crippen molar-refractivity contribution in [1.29, 1.82) is 0 Å². The molecule has 1 heterocycles. The first-order valence-electron chi connectivity index (χ1n) is 7.42. The Bertz CT molecular complexity index is 912. The number of carboxylic acid groups (broad SMARTS) is 1. The molecular weight excluding hydrogens is 410 g/mol. The van der Waals surface area contributed by atoms with Crippen molar-refractivity contribution in [2.45, 2.75) is 9.79 Å². The number of carbonyl (C=O) groups excluding carboxylic acids is 2. The number of halogens is 1. The van der Waals surface area contributed by atoms with E-state index in [1.54, 1.807) is 17.8 Å². The maximum atomic E-state index is 12.4. The molecule has 0 N–H and O–H groups in total. The number of carbonyl (C=O) groups is 2. The molecule has 1 fully saturated rings. The summed E-state index contributed by atoms with van der Waals surface area (Å²) in [5.41, 5.74) is 0.849. The number of thiocarbonyl (C=S) groups is 1. The molecule has 1 amide bonds. The summed E-state index contributed by atoms with van der Waals surface area (Å²) in [7, 11) is 0. The van der Waals surface area contributed by atoms with Gasteiger partial charge in [-0.05, 0) is 42.0 Å².